The maximum absolute atomic E-state index is 13.2. The van der Waals surface area contributed by atoms with Gasteiger partial charge >= 0.3 is 5.69 Å². The molecule has 1 aromatic heterocycles. The maximum atomic E-state index is 13.2. The second-order valence-corrected chi connectivity index (χ2v) is 7.80. The molecule has 3 rings (SSSR count). The summed E-state index contributed by atoms with van der Waals surface area (Å²) in [5, 5.41) is 1.12. The number of fused-ring (bicyclic) bond motifs is 2. The molecule has 10 nitrogen and oxygen atoms in total. The van der Waals surface area contributed by atoms with Crippen molar-refractivity contribution in [1.82, 2.24) is 14.6 Å². The zero-order chi connectivity index (χ0) is 21.9. The van der Waals surface area contributed by atoms with Crippen LogP contribution in [0.4, 0.5) is 0 Å². The zero-order valence-corrected chi connectivity index (χ0v) is 18.0. The molecule has 2 bridgehead atoms. The van der Waals surface area contributed by atoms with E-state index in [1.807, 2.05) is 6.92 Å². The van der Waals surface area contributed by atoms with E-state index in [1.165, 1.54) is 17.8 Å². The summed E-state index contributed by atoms with van der Waals surface area (Å²) in [6.45, 7) is 6.57. The standard InChI is InChI=1S/C20H31N3O7/c1-5-7-9-27-12-20-15(28-10-8-6-2)14(30-22(4)18(20)25)17(29-20)23-11-13(3)16(24)21-19(23)26/h11,14-15,17H,5-10,12H2,1-4H3,(H,21,24,26)/t14?,15?,17-,20+/m1/s1. The Morgan fingerprint density at radius 3 is 2.57 bits per heavy atom. The number of hydrogen-bond acceptors (Lipinski definition) is 7. The smallest absolute Gasteiger partial charge is 0.330 e. The Kier molecular flexibility index (Phi) is 7.12. The molecular weight excluding hydrogens is 394 g/mol. The fourth-order valence-electron chi connectivity index (χ4n) is 3.76. The molecule has 1 N–H and O–H groups in total. The van der Waals surface area contributed by atoms with Gasteiger partial charge in [0.15, 0.2) is 12.3 Å². The van der Waals surface area contributed by atoms with Crippen molar-refractivity contribution in [1.29, 1.82) is 0 Å². The van der Waals surface area contributed by atoms with E-state index < -0.39 is 41.2 Å². The third-order valence-electron chi connectivity index (χ3n) is 5.47. The molecule has 1 amide bonds. The van der Waals surface area contributed by atoms with Gasteiger partial charge < -0.3 is 14.2 Å². The van der Waals surface area contributed by atoms with Crippen molar-refractivity contribution in [2.75, 3.05) is 26.9 Å². The molecule has 0 aliphatic carbocycles. The van der Waals surface area contributed by atoms with Crippen molar-refractivity contribution in [2.24, 2.45) is 0 Å². The van der Waals surface area contributed by atoms with Gasteiger partial charge in [-0.25, -0.2) is 9.86 Å². The molecule has 2 aliphatic rings. The van der Waals surface area contributed by atoms with Gasteiger partial charge in [-0.15, -0.1) is 0 Å². The van der Waals surface area contributed by atoms with Crippen molar-refractivity contribution in [2.45, 2.75) is 70.5 Å². The zero-order valence-electron chi connectivity index (χ0n) is 18.0. The summed E-state index contributed by atoms with van der Waals surface area (Å²) in [6.07, 6.45) is 2.48. The Morgan fingerprint density at radius 1 is 1.17 bits per heavy atom. The summed E-state index contributed by atoms with van der Waals surface area (Å²) in [7, 11) is 1.50. The third-order valence-corrected chi connectivity index (χ3v) is 5.47. The van der Waals surface area contributed by atoms with Gasteiger partial charge in [0.2, 0.25) is 5.60 Å². The normalized spacial score (nSPS) is 28.3. The molecule has 0 spiro atoms. The van der Waals surface area contributed by atoms with Crippen molar-refractivity contribution in [3.05, 3.63) is 32.6 Å². The first-order valence-electron chi connectivity index (χ1n) is 10.5. The van der Waals surface area contributed by atoms with Crippen molar-refractivity contribution in [3.8, 4) is 0 Å². The number of ether oxygens (including phenoxy) is 3. The number of nitrogens with zero attached hydrogens (tertiary/aromatic N) is 2. The average Bonchev–Trinajstić information content (AvgIpc) is 2.96. The number of aryl methyl sites for hydroxylation is 1. The summed E-state index contributed by atoms with van der Waals surface area (Å²) in [4.78, 5) is 45.5. The lowest BCUT2D eigenvalue weighted by Crippen LogP contribution is -2.64. The number of rotatable bonds is 10. The molecule has 10 heteroatoms. The van der Waals surface area contributed by atoms with Gasteiger partial charge in [-0.1, -0.05) is 26.7 Å². The van der Waals surface area contributed by atoms with Gasteiger partial charge in [-0.2, -0.15) is 0 Å². The average molecular weight is 425 g/mol. The Balaban J connectivity index is 1.99. The van der Waals surface area contributed by atoms with Gasteiger partial charge in [0, 0.05) is 32.0 Å². The Labute approximate surface area is 175 Å². The summed E-state index contributed by atoms with van der Waals surface area (Å²) >= 11 is 0. The van der Waals surface area contributed by atoms with E-state index in [4.69, 9.17) is 19.0 Å². The van der Waals surface area contributed by atoms with Crippen LogP contribution in [-0.2, 0) is 23.8 Å². The first-order valence-corrected chi connectivity index (χ1v) is 10.5. The quantitative estimate of drug-likeness (QED) is 0.554. The van der Waals surface area contributed by atoms with E-state index in [-0.39, 0.29) is 6.61 Å². The molecule has 2 aliphatic heterocycles. The van der Waals surface area contributed by atoms with Crippen LogP contribution in [0, 0.1) is 6.92 Å². The predicted molar refractivity (Wildman–Crippen MR) is 107 cm³/mol. The number of unbranched alkanes of at least 4 members (excludes halogenated alkanes) is 2. The summed E-state index contributed by atoms with van der Waals surface area (Å²) in [6, 6.07) is 0. The van der Waals surface area contributed by atoms with E-state index >= 15 is 0 Å². The van der Waals surface area contributed by atoms with Gasteiger partial charge in [-0.05, 0) is 19.8 Å². The fraction of sp³-hybridized carbons (Fsp3) is 0.750. The molecule has 168 valence electrons. The van der Waals surface area contributed by atoms with E-state index in [0.717, 1.165) is 30.7 Å². The number of amides is 1. The fourth-order valence-corrected chi connectivity index (χ4v) is 3.76. The number of H-pyrrole nitrogens is 1. The molecule has 2 fully saturated rings. The van der Waals surface area contributed by atoms with Crippen molar-refractivity contribution < 1.29 is 23.8 Å². The summed E-state index contributed by atoms with van der Waals surface area (Å²) in [5.74, 6) is -0.423. The number of aromatic nitrogens is 2. The van der Waals surface area contributed by atoms with Crippen molar-refractivity contribution >= 4 is 5.91 Å². The second-order valence-electron chi connectivity index (χ2n) is 7.80. The van der Waals surface area contributed by atoms with Crippen LogP contribution in [0.3, 0.4) is 0 Å². The van der Waals surface area contributed by atoms with Crippen LogP contribution in [0.1, 0.15) is 51.3 Å². The molecule has 30 heavy (non-hydrogen) atoms. The highest BCUT2D eigenvalue weighted by Crippen LogP contribution is 2.45. The Bertz CT molecular complexity index is 867. The SMILES string of the molecule is CCCCOC[C@@]12O[C@@H](n3cc(C)c(=O)[nH]c3=O)C(ON(C)C1=O)C2OCCCC. The van der Waals surface area contributed by atoms with Gasteiger partial charge in [0.1, 0.15) is 6.10 Å². The van der Waals surface area contributed by atoms with Crippen LogP contribution in [0.2, 0.25) is 0 Å². The van der Waals surface area contributed by atoms with Crippen LogP contribution in [0.25, 0.3) is 0 Å². The highest BCUT2D eigenvalue weighted by atomic mass is 16.7. The molecule has 4 atom stereocenters. The summed E-state index contributed by atoms with van der Waals surface area (Å²) in [5.41, 5.74) is -2.21. The van der Waals surface area contributed by atoms with Crippen LogP contribution >= 0.6 is 0 Å². The molecule has 2 saturated heterocycles. The molecule has 0 radical (unpaired) electrons. The molecular formula is C20H31N3O7. The first-order chi connectivity index (χ1) is 14.4. The number of aromatic amines is 1. The van der Waals surface area contributed by atoms with E-state index in [1.54, 1.807) is 6.92 Å². The van der Waals surface area contributed by atoms with E-state index in [0.29, 0.717) is 18.8 Å². The number of carbonyl (C=O) groups excluding carboxylic acids is 1. The minimum absolute atomic E-state index is 0.0135. The highest BCUT2D eigenvalue weighted by Gasteiger charge is 2.67. The molecule has 0 aromatic carbocycles. The monoisotopic (exact) mass is 425 g/mol. The number of likely N-dealkylation sites (N-methyl/N-ethyl adjacent to an activating group) is 1. The first kappa shape index (κ1) is 22.7. The number of hydroxylamine groups is 2. The summed E-state index contributed by atoms with van der Waals surface area (Å²) < 4.78 is 19.3. The minimum Gasteiger partial charge on any atom is -0.378 e. The lowest BCUT2D eigenvalue weighted by atomic mass is 9.93. The largest absolute Gasteiger partial charge is 0.378 e. The van der Waals surface area contributed by atoms with Gasteiger partial charge in [0.05, 0.1) is 6.61 Å². The van der Waals surface area contributed by atoms with E-state index in [2.05, 4.69) is 11.9 Å². The highest BCUT2D eigenvalue weighted by molar-refractivity contribution is 5.86. The second kappa shape index (κ2) is 9.42. The van der Waals surface area contributed by atoms with Crippen LogP contribution in [-0.4, -0.2) is 65.2 Å². The molecule has 2 unspecified atom stereocenters. The lowest BCUT2D eigenvalue weighted by molar-refractivity contribution is -0.254. The molecule has 3 heterocycles. The van der Waals surface area contributed by atoms with Gasteiger partial charge in [-0.3, -0.25) is 24.0 Å². The Hall–Kier alpha value is -2.01. The molecule has 0 saturated carbocycles. The number of nitrogens with one attached hydrogen (secondary N) is 1. The molecule has 1 aromatic rings. The van der Waals surface area contributed by atoms with E-state index in [9.17, 15) is 14.4 Å². The Morgan fingerprint density at radius 2 is 1.87 bits per heavy atom. The maximum Gasteiger partial charge on any atom is 0.330 e. The lowest BCUT2D eigenvalue weighted by Gasteiger charge is -2.40. The minimum atomic E-state index is -1.44. The topological polar surface area (TPSA) is 112 Å². The third kappa shape index (κ3) is 4.09. The van der Waals surface area contributed by atoms with Crippen LogP contribution < -0.4 is 11.2 Å². The van der Waals surface area contributed by atoms with Gasteiger partial charge in [0.25, 0.3) is 11.5 Å². The van der Waals surface area contributed by atoms with Crippen LogP contribution in [0.5, 0.6) is 0 Å². The van der Waals surface area contributed by atoms with Crippen molar-refractivity contribution in [3.63, 3.8) is 0 Å². The predicted octanol–water partition coefficient (Wildman–Crippen LogP) is 0.887. The van der Waals surface area contributed by atoms with Crippen LogP contribution in [0.15, 0.2) is 15.8 Å². The number of hydrogen-bond donors (Lipinski definition) is 1. The number of carbonyl (C=O) groups is 1.